The fourth-order valence-electron chi connectivity index (χ4n) is 15.4. The van der Waals surface area contributed by atoms with E-state index in [0.717, 1.165) is 0 Å². The van der Waals surface area contributed by atoms with Crippen LogP contribution < -0.4 is 0 Å². The molecule has 4 saturated heterocycles. The molecule has 0 radical (unpaired) electrons. The van der Waals surface area contributed by atoms with E-state index < -0.39 is 260 Å². The summed E-state index contributed by atoms with van der Waals surface area (Å²) in [7, 11) is -37.8. The lowest BCUT2D eigenvalue weighted by molar-refractivity contribution is -0.339. The number of ether oxygens (including phenoxy) is 8. The number of carbonyl (C=O) groups is 4. The molecule has 4 rings (SSSR count). The van der Waals surface area contributed by atoms with Crippen LogP contribution in [0.5, 0.6) is 0 Å². The molecule has 9 unspecified atom stereocenters. The molecule has 4 heterocycles. The Morgan fingerprint density at radius 1 is 0.262 bits per heavy atom. The zero-order chi connectivity index (χ0) is 94.4. The molecule has 0 aromatic rings. The summed E-state index contributed by atoms with van der Waals surface area (Å²) in [4.78, 5) is 58.7. The van der Waals surface area contributed by atoms with E-state index in [-0.39, 0.29) is 44.8 Å². The Morgan fingerprint density at radius 3 is 0.762 bits per heavy atom. The maximum Gasteiger partial charge on any atom is 0.311 e. The van der Waals surface area contributed by atoms with Gasteiger partial charge in [0.25, 0.3) is 0 Å². The van der Waals surface area contributed by atoms with Crippen molar-refractivity contribution in [2.24, 2.45) is 0 Å². The first-order valence-corrected chi connectivity index (χ1v) is 94.5. The molecule has 0 bridgehead atoms. The van der Waals surface area contributed by atoms with Crippen molar-refractivity contribution in [2.75, 3.05) is 39.5 Å². The molecule has 0 saturated carbocycles. The molecule has 0 aromatic carbocycles. The third-order valence-corrected chi connectivity index (χ3v) is 41.9. The summed E-state index contributed by atoms with van der Waals surface area (Å²) >= 11 is 0. The van der Waals surface area contributed by atoms with Crippen LogP contribution >= 0.6 is 0 Å². The van der Waals surface area contributed by atoms with E-state index in [9.17, 15) is 19.2 Å². The van der Waals surface area contributed by atoms with E-state index in [4.69, 9.17) is 99.2 Å². The smallest absolute Gasteiger partial charge is 0.311 e. The van der Waals surface area contributed by atoms with E-state index in [2.05, 4.69) is 275 Å². The van der Waals surface area contributed by atoms with Gasteiger partial charge < -0.3 is 109 Å². The second-order valence-corrected chi connectivity index (χ2v) is 113. The molecular formula is C79H176N2O26Si15. The number of hydrogen-bond donors (Lipinski definition) is 0. The first-order valence-electron chi connectivity index (χ1n) is 44.6. The Hall–Kier alpha value is 0.333. The van der Waals surface area contributed by atoms with E-state index >= 15 is 0 Å². The summed E-state index contributed by atoms with van der Waals surface area (Å²) in [5.74, 6) is -1.33. The minimum Gasteiger partial charge on any atom is -0.463 e. The third kappa shape index (κ3) is 42.3. The predicted octanol–water partition coefficient (Wildman–Crippen LogP) is 16.9. The van der Waals surface area contributed by atoms with E-state index in [1.54, 1.807) is 23.6 Å². The van der Waals surface area contributed by atoms with Gasteiger partial charge in [0, 0.05) is 40.8 Å². The standard InChI is InChI=1S/C79H176N2O26Si15/c1-56(82)80(76-72(102-116(29,30)31)68(98-112(17,18)19)64(62(90-76)54-88-108(5,6)7)94-78-74(104-118(35,36)37)70(100-114(23,24)25)66(96-110(11,12)13)60(92-78)52-86-58(3)84)48-47-50-120(41,42)106-122(45,46)107-121(43,44)51-49-81(57(2)83)77-73(103-117(32,33)34)69(99-113(20,21)22)65(63(91-77)55-89-109(8,9)10)95-79-75(105-119(38,39)40)71(101-115(26,27)28)67(97-111(14,15)16)61(93-79)53-87-59(4)85/h60-79H,47-55H2,1-46H3/t60?,61?,62?,63-,64+,65-,66-,67+,68?,69?,70?,71+,72?,73?,74+,75?,76-,77+,78-,79+/m1/s1. The molecule has 2 amide bonds. The van der Waals surface area contributed by atoms with Gasteiger partial charge in [-0.3, -0.25) is 19.2 Å². The van der Waals surface area contributed by atoms with Crippen LogP contribution in [-0.4, -0.2) is 321 Å². The van der Waals surface area contributed by atoms with Crippen LogP contribution in [0.3, 0.4) is 0 Å². The summed E-state index contributed by atoms with van der Waals surface area (Å²) < 4.78 is 158. The molecule has 0 aromatic heterocycles. The molecule has 4 fully saturated rings. The molecule has 0 spiro atoms. The van der Waals surface area contributed by atoms with E-state index in [1.165, 1.54) is 13.8 Å². The van der Waals surface area contributed by atoms with Crippen molar-refractivity contribution in [1.29, 1.82) is 0 Å². The van der Waals surface area contributed by atoms with Crippen LogP contribution in [0.1, 0.15) is 34.1 Å². The van der Waals surface area contributed by atoms with Gasteiger partial charge in [-0.1, -0.05) is 0 Å². The lowest BCUT2D eigenvalue weighted by atomic mass is 9.96. The molecule has 4 aliphatic heterocycles. The molecule has 0 N–H and O–H groups in total. The Morgan fingerprint density at radius 2 is 0.500 bits per heavy atom. The average molecular weight is 1990 g/mol. The van der Waals surface area contributed by atoms with Gasteiger partial charge >= 0.3 is 20.5 Å². The Kier molecular flexibility index (Phi) is 41.6. The zero-order valence-electron chi connectivity index (χ0n) is 84.9. The van der Waals surface area contributed by atoms with Crippen molar-refractivity contribution in [1.82, 2.24) is 9.80 Å². The second-order valence-electron chi connectivity index (χ2n) is 47.2. The average Bonchev–Trinajstić information content (AvgIpc) is 0.750. The number of amides is 2. The number of rotatable bonds is 47. The van der Waals surface area contributed by atoms with Gasteiger partial charge in [-0.15, -0.1) is 0 Å². The highest BCUT2D eigenvalue weighted by Gasteiger charge is 2.62. The topological polar surface area (TPSA) is 278 Å². The van der Waals surface area contributed by atoms with Gasteiger partial charge in [0.2, 0.25) is 11.8 Å². The second kappa shape index (κ2) is 44.2. The molecule has 718 valence electrons. The van der Waals surface area contributed by atoms with Crippen molar-refractivity contribution in [3.05, 3.63) is 0 Å². The number of nitrogens with zero attached hydrogens (tertiary/aromatic N) is 2. The summed E-state index contributed by atoms with van der Waals surface area (Å²) in [5, 5.41) is 0. The monoisotopic (exact) mass is 1990 g/mol. The summed E-state index contributed by atoms with van der Waals surface area (Å²) in [6, 6.07) is 1.19. The van der Waals surface area contributed by atoms with Crippen molar-refractivity contribution in [3.63, 3.8) is 0 Å². The highest BCUT2D eigenvalue weighted by atomic mass is 28.5. The molecule has 4 aliphatic rings. The SMILES string of the molecule is CC(=O)OCC1O[C@H](O[C@H]2C(CO[Si](C)(C)C)O[C@@H](N(CCC[Si](C)(C)O[Si](C)(C)O[Si](C)(C)CCN(C(C)=O)[C@H]3O[C@H](CO[Si](C)(C)C)[C@@H](O[C@@H]4OC(COC(C)=O)[C@H](O[Si](C)(C)C)[C@H](O[Si](C)(C)C)C4O[Si](C)(C)C)C(O[Si](C)(C)C)C3O[Si](C)(C)C)C(C)=O)C(O[Si](C)(C)C)C2O[Si](C)(C)C)[C@@H](O[Si](C)(C)C)C(O[Si](C)(C)C)[C@@H]1O[Si](C)(C)C. The van der Waals surface area contributed by atoms with Gasteiger partial charge in [-0.05, 0) is 293 Å². The van der Waals surface area contributed by atoms with E-state index in [1.807, 2.05) is 0 Å². The largest absolute Gasteiger partial charge is 0.463 e. The van der Waals surface area contributed by atoms with Crippen LogP contribution in [0, 0.1) is 0 Å². The zero-order valence-corrected chi connectivity index (χ0v) is 99.9. The normalized spacial score (nSPS) is 29.1. The van der Waals surface area contributed by atoms with Crippen molar-refractivity contribution < 1.29 is 118 Å². The molecule has 28 nitrogen and oxygen atoms in total. The maximum atomic E-state index is 14.9. The minimum absolute atomic E-state index is 0.100. The summed E-state index contributed by atoms with van der Waals surface area (Å²) in [6.07, 6.45) is -16.4. The Bertz CT molecular complexity index is 3280. The van der Waals surface area contributed by atoms with Gasteiger partial charge in [-0.2, -0.15) is 0 Å². The molecule has 0 aliphatic carbocycles. The highest BCUT2D eigenvalue weighted by molar-refractivity contribution is 6.88. The molecule has 122 heavy (non-hydrogen) atoms. The number of esters is 2. The quantitative estimate of drug-likeness (QED) is 0.0404. The highest BCUT2D eigenvalue weighted by Crippen LogP contribution is 2.44. The predicted molar refractivity (Wildman–Crippen MR) is 522 cm³/mol. The van der Waals surface area contributed by atoms with Gasteiger partial charge in [0.15, 0.2) is 141 Å². The van der Waals surface area contributed by atoms with Crippen molar-refractivity contribution in [3.8, 4) is 0 Å². The molecular weight excluding hydrogens is 1810 g/mol. The van der Waals surface area contributed by atoms with Crippen LogP contribution in [-0.2, 0) is 118 Å². The lowest BCUT2D eigenvalue weighted by Crippen LogP contribution is -2.71. The first kappa shape index (κ1) is 115. The fourth-order valence-corrected chi connectivity index (χ4v) is 41.3. The van der Waals surface area contributed by atoms with Gasteiger partial charge in [-0.25, -0.2) is 0 Å². The Labute approximate surface area is 755 Å². The maximum absolute atomic E-state index is 14.9. The van der Waals surface area contributed by atoms with Crippen LogP contribution in [0.2, 0.25) is 287 Å². The fraction of sp³-hybridized carbons (Fsp3) is 0.949. The van der Waals surface area contributed by atoms with E-state index in [0.29, 0.717) is 25.1 Å². The van der Waals surface area contributed by atoms with Crippen LogP contribution in [0.15, 0.2) is 0 Å². The first-order chi connectivity index (χ1) is 54.4. The lowest BCUT2D eigenvalue weighted by Gasteiger charge is -2.55. The van der Waals surface area contributed by atoms with Crippen LogP contribution in [0.25, 0.3) is 0 Å². The minimum atomic E-state index is -3.00. The molecule has 20 atom stereocenters. The van der Waals surface area contributed by atoms with Gasteiger partial charge in [0.05, 0.1) is 13.2 Å². The number of hydrogen-bond acceptors (Lipinski definition) is 26. The third-order valence-electron chi connectivity index (χ3n) is 18.7. The summed E-state index contributed by atoms with van der Waals surface area (Å²) in [5.41, 5.74) is 0. The van der Waals surface area contributed by atoms with Crippen molar-refractivity contribution >= 4 is 149 Å². The van der Waals surface area contributed by atoms with Crippen LogP contribution in [0.4, 0.5) is 0 Å². The van der Waals surface area contributed by atoms with Crippen molar-refractivity contribution in [2.45, 2.75) is 444 Å². The Balaban J connectivity index is 1.81. The number of carbonyl (C=O) groups excluding carboxylic acids is 4. The van der Waals surface area contributed by atoms with Gasteiger partial charge in [0.1, 0.15) is 111 Å². The summed E-state index contributed by atoms with van der Waals surface area (Å²) in [6.45, 7) is 96.2. The molecule has 43 heteroatoms.